The average Bonchev–Trinajstić information content (AvgIpc) is 2.53. The van der Waals surface area contributed by atoms with Gasteiger partial charge in [-0.25, -0.2) is 9.97 Å². The van der Waals surface area contributed by atoms with Gasteiger partial charge in [-0.2, -0.15) is 0 Å². The Balaban J connectivity index is 1.80. The fourth-order valence-corrected chi connectivity index (χ4v) is 3.34. The second-order valence-electron chi connectivity index (χ2n) is 6.25. The Kier molecular flexibility index (Phi) is 6.43. The zero-order valence-electron chi connectivity index (χ0n) is 13.3. The van der Waals surface area contributed by atoms with Crippen molar-refractivity contribution in [2.75, 3.05) is 7.11 Å². The van der Waals surface area contributed by atoms with E-state index in [4.69, 9.17) is 4.74 Å². The number of hydrogen-bond acceptors (Lipinski definition) is 4. The zero-order valence-corrected chi connectivity index (χ0v) is 13.3. The number of ether oxygens (including phenoxy) is 1. The van der Waals surface area contributed by atoms with E-state index in [0.717, 1.165) is 24.5 Å². The number of aliphatic hydroxyl groups excluding tert-OH is 1. The van der Waals surface area contributed by atoms with Gasteiger partial charge >= 0.3 is 0 Å². The van der Waals surface area contributed by atoms with E-state index in [0.29, 0.717) is 18.2 Å². The van der Waals surface area contributed by atoms with Gasteiger partial charge in [0.05, 0.1) is 18.9 Å². The lowest BCUT2D eigenvalue weighted by molar-refractivity contribution is 0.0718. The second-order valence-corrected chi connectivity index (χ2v) is 6.25. The maximum Gasteiger partial charge on any atom is 0.216 e. The summed E-state index contributed by atoms with van der Waals surface area (Å²) < 4.78 is 5.10. The van der Waals surface area contributed by atoms with Gasteiger partial charge in [-0.05, 0) is 24.7 Å². The van der Waals surface area contributed by atoms with E-state index in [1.165, 1.54) is 38.4 Å². The SMILES string of the molecule is CCCCC1CCC(C(O)Cc2cc(OC)ncn2)CC1. The lowest BCUT2D eigenvalue weighted by atomic mass is 9.77. The number of unbranched alkanes of at least 4 members (excludes halogenated alkanes) is 1. The monoisotopic (exact) mass is 292 g/mol. The van der Waals surface area contributed by atoms with E-state index in [9.17, 15) is 5.11 Å². The van der Waals surface area contributed by atoms with Gasteiger partial charge in [0.2, 0.25) is 5.88 Å². The molecule has 0 bridgehead atoms. The molecule has 2 rings (SSSR count). The molecule has 1 unspecified atom stereocenters. The molecule has 0 aromatic carbocycles. The van der Waals surface area contributed by atoms with Gasteiger partial charge in [0, 0.05) is 12.5 Å². The summed E-state index contributed by atoms with van der Waals surface area (Å²) in [5.41, 5.74) is 0.863. The van der Waals surface area contributed by atoms with Crippen molar-refractivity contribution in [2.24, 2.45) is 11.8 Å². The number of rotatable bonds is 7. The van der Waals surface area contributed by atoms with Crippen LogP contribution in [0.15, 0.2) is 12.4 Å². The van der Waals surface area contributed by atoms with Gasteiger partial charge in [0.15, 0.2) is 0 Å². The Morgan fingerprint density at radius 1 is 1.29 bits per heavy atom. The Hall–Kier alpha value is -1.16. The number of aliphatic hydroxyl groups is 1. The first kappa shape index (κ1) is 16.2. The number of aromatic nitrogens is 2. The normalized spacial score (nSPS) is 23.8. The third kappa shape index (κ3) is 4.95. The molecular formula is C17H28N2O2. The Labute approximate surface area is 128 Å². The molecule has 118 valence electrons. The molecule has 21 heavy (non-hydrogen) atoms. The van der Waals surface area contributed by atoms with Crippen molar-refractivity contribution in [1.82, 2.24) is 9.97 Å². The van der Waals surface area contributed by atoms with Crippen LogP contribution >= 0.6 is 0 Å². The summed E-state index contributed by atoms with van der Waals surface area (Å²) in [4.78, 5) is 8.23. The van der Waals surface area contributed by atoms with Crippen LogP contribution in [0.25, 0.3) is 0 Å². The fourth-order valence-electron chi connectivity index (χ4n) is 3.34. The van der Waals surface area contributed by atoms with Gasteiger partial charge in [-0.1, -0.05) is 39.0 Å². The summed E-state index contributed by atoms with van der Waals surface area (Å²) >= 11 is 0. The second kappa shape index (κ2) is 8.32. The minimum absolute atomic E-state index is 0.295. The number of hydrogen-bond donors (Lipinski definition) is 1. The summed E-state index contributed by atoms with van der Waals surface area (Å²) in [6.45, 7) is 2.26. The first-order valence-corrected chi connectivity index (χ1v) is 8.26. The highest BCUT2D eigenvalue weighted by atomic mass is 16.5. The van der Waals surface area contributed by atoms with E-state index < -0.39 is 0 Å². The molecule has 1 aromatic rings. The molecule has 0 aliphatic heterocycles. The first-order chi connectivity index (χ1) is 10.2. The lowest BCUT2D eigenvalue weighted by Crippen LogP contribution is -2.27. The molecule has 1 heterocycles. The van der Waals surface area contributed by atoms with Crippen LogP contribution in [-0.2, 0) is 6.42 Å². The van der Waals surface area contributed by atoms with E-state index >= 15 is 0 Å². The summed E-state index contributed by atoms with van der Waals surface area (Å²) in [6.07, 6.45) is 10.7. The molecule has 1 aliphatic carbocycles. The zero-order chi connectivity index (χ0) is 15.1. The molecule has 0 saturated heterocycles. The largest absolute Gasteiger partial charge is 0.481 e. The first-order valence-electron chi connectivity index (χ1n) is 8.26. The van der Waals surface area contributed by atoms with Crippen LogP contribution in [0.3, 0.4) is 0 Å². The van der Waals surface area contributed by atoms with Crippen molar-refractivity contribution in [1.29, 1.82) is 0 Å². The third-order valence-corrected chi connectivity index (χ3v) is 4.73. The molecule has 1 saturated carbocycles. The Morgan fingerprint density at radius 3 is 2.71 bits per heavy atom. The summed E-state index contributed by atoms with van der Waals surface area (Å²) in [7, 11) is 1.60. The van der Waals surface area contributed by atoms with Gasteiger partial charge in [0.25, 0.3) is 0 Å². The highest BCUT2D eigenvalue weighted by Crippen LogP contribution is 2.34. The van der Waals surface area contributed by atoms with Crippen LogP contribution in [0.4, 0.5) is 0 Å². The minimum Gasteiger partial charge on any atom is -0.481 e. The van der Waals surface area contributed by atoms with Gasteiger partial charge in [0.1, 0.15) is 6.33 Å². The minimum atomic E-state index is -0.295. The van der Waals surface area contributed by atoms with Gasteiger partial charge < -0.3 is 9.84 Å². The molecule has 1 fully saturated rings. The maximum absolute atomic E-state index is 10.5. The predicted molar refractivity (Wildman–Crippen MR) is 83.3 cm³/mol. The van der Waals surface area contributed by atoms with E-state index in [1.54, 1.807) is 7.11 Å². The smallest absolute Gasteiger partial charge is 0.216 e. The Bertz CT molecular complexity index is 417. The van der Waals surface area contributed by atoms with Crippen molar-refractivity contribution < 1.29 is 9.84 Å². The molecule has 0 spiro atoms. The highest BCUT2D eigenvalue weighted by Gasteiger charge is 2.26. The van der Waals surface area contributed by atoms with Crippen molar-refractivity contribution >= 4 is 0 Å². The molecule has 1 N–H and O–H groups in total. The molecule has 0 amide bonds. The predicted octanol–water partition coefficient (Wildman–Crippen LogP) is 3.39. The number of methoxy groups -OCH3 is 1. The van der Waals surface area contributed by atoms with Crippen LogP contribution in [-0.4, -0.2) is 28.3 Å². The molecule has 1 aromatic heterocycles. The quantitative estimate of drug-likeness (QED) is 0.837. The van der Waals surface area contributed by atoms with E-state index in [2.05, 4.69) is 16.9 Å². The van der Waals surface area contributed by atoms with Crippen LogP contribution in [0, 0.1) is 11.8 Å². The average molecular weight is 292 g/mol. The van der Waals surface area contributed by atoms with Crippen LogP contribution in [0.1, 0.15) is 57.6 Å². The summed E-state index contributed by atoms with van der Waals surface area (Å²) in [5.74, 6) is 1.87. The summed E-state index contributed by atoms with van der Waals surface area (Å²) in [5, 5.41) is 10.5. The van der Waals surface area contributed by atoms with Crippen molar-refractivity contribution in [3.05, 3.63) is 18.1 Å². The third-order valence-electron chi connectivity index (χ3n) is 4.73. The summed E-state index contributed by atoms with van der Waals surface area (Å²) in [6, 6.07) is 1.82. The highest BCUT2D eigenvalue weighted by molar-refractivity contribution is 5.14. The number of nitrogens with zero attached hydrogens (tertiary/aromatic N) is 2. The van der Waals surface area contributed by atoms with Crippen LogP contribution in [0.2, 0.25) is 0 Å². The van der Waals surface area contributed by atoms with E-state index in [1.807, 2.05) is 6.07 Å². The standard InChI is InChI=1S/C17H28N2O2/c1-3-4-5-13-6-8-14(9-7-13)16(20)10-15-11-17(21-2)19-12-18-15/h11-14,16,20H,3-10H2,1-2H3. The topological polar surface area (TPSA) is 55.2 Å². The fraction of sp³-hybridized carbons (Fsp3) is 0.765. The van der Waals surface area contributed by atoms with Crippen molar-refractivity contribution in [3.8, 4) is 5.88 Å². The molecule has 4 heteroatoms. The van der Waals surface area contributed by atoms with E-state index in [-0.39, 0.29) is 6.10 Å². The van der Waals surface area contributed by atoms with Gasteiger partial charge in [-0.15, -0.1) is 0 Å². The van der Waals surface area contributed by atoms with Gasteiger partial charge in [-0.3, -0.25) is 0 Å². The maximum atomic E-state index is 10.5. The molecule has 0 radical (unpaired) electrons. The molecule has 1 aliphatic rings. The molecule has 1 atom stereocenters. The van der Waals surface area contributed by atoms with Crippen LogP contribution < -0.4 is 4.74 Å². The molecular weight excluding hydrogens is 264 g/mol. The lowest BCUT2D eigenvalue weighted by Gasteiger charge is -2.31. The van der Waals surface area contributed by atoms with Crippen molar-refractivity contribution in [3.63, 3.8) is 0 Å². The Morgan fingerprint density at radius 2 is 2.05 bits per heavy atom. The van der Waals surface area contributed by atoms with Crippen molar-refractivity contribution in [2.45, 2.75) is 64.4 Å². The molecule has 4 nitrogen and oxygen atoms in total. The van der Waals surface area contributed by atoms with Crippen LogP contribution in [0.5, 0.6) is 5.88 Å².